The number of amides is 1. The minimum Gasteiger partial charge on any atom is -0.481 e. The van der Waals surface area contributed by atoms with Crippen molar-refractivity contribution in [1.29, 1.82) is 0 Å². The van der Waals surface area contributed by atoms with Crippen molar-refractivity contribution in [1.82, 2.24) is 4.90 Å². The molecule has 0 aliphatic carbocycles. The molecule has 0 aromatic rings. The zero-order valence-electron chi connectivity index (χ0n) is 9.74. The van der Waals surface area contributed by atoms with Gasteiger partial charge in [-0.3, -0.25) is 9.59 Å². The van der Waals surface area contributed by atoms with E-state index in [0.717, 1.165) is 12.8 Å². The van der Waals surface area contributed by atoms with Crippen LogP contribution in [0.1, 0.15) is 38.5 Å². The van der Waals surface area contributed by atoms with Gasteiger partial charge < -0.3 is 10.0 Å². The molecule has 0 atom stereocenters. The molecule has 0 aromatic carbocycles. The molecule has 0 rings (SSSR count). The molecule has 4 nitrogen and oxygen atoms in total. The summed E-state index contributed by atoms with van der Waals surface area (Å²) < 4.78 is 0. The first-order valence-corrected chi connectivity index (χ1v) is 5.47. The van der Waals surface area contributed by atoms with Crippen molar-refractivity contribution >= 4 is 11.9 Å². The van der Waals surface area contributed by atoms with E-state index in [1.807, 2.05) is 0 Å². The van der Waals surface area contributed by atoms with Crippen LogP contribution < -0.4 is 0 Å². The summed E-state index contributed by atoms with van der Waals surface area (Å²) in [6.07, 6.45) is 8.57. The van der Waals surface area contributed by atoms with Crippen LogP contribution in [0.5, 0.6) is 0 Å². The number of hydrogen-bond donors (Lipinski definition) is 1. The van der Waals surface area contributed by atoms with Crippen molar-refractivity contribution in [3.63, 3.8) is 0 Å². The highest BCUT2D eigenvalue weighted by Crippen LogP contribution is 2.03. The quantitative estimate of drug-likeness (QED) is 0.503. The molecule has 0 radical (unpaired) electrons. The van der Waals surface area contributed by atoms with Gasteiger partial charge in [-0.2, -0.15) is 0 Å². The molecule has 1 N–H and O–H groups in total. The SMILES string of the molecule is C#CCCCCC(=O)N(C)CCCC(=O)O. The highest BCUT2D eigenvalue weighted by molar-refractivity contribution is 5.75. The van der Waals surface area contributed by atoms with E-state index < -0.39 is 5.97 Å². The Labute approximate surface area is 96.6 Å². The van der Waals surface area contributed by atoms with Gasteiger partial charge in [0.25, 0.3) is 0 Å². The number of carbonyl (C=O) groups excluding carboxylic acids is 1. The zero-order chi connectivity index (χ0) is 12.4. The van der Waals surface area contributed by atoms with Crippen molar-refractivity contribution < 1.29 is 14.7 Å². The number of carboxylic acid groups (broad SMARTS) is 1. The molecule has 0 saturated carbocycles. The second-order valence-electron chi connectivity index (χ2n) is 3.72. The second kappa shape index (κ2) is 8.78. The van der Waals surface area contributed by atoms with Crippen LogP contribution in [-0.2, 0) is 9.59 Å². The number of terminal acetylenes is 1. The fourth-order valence-corrected chi connectivity index (χ4v) is 1.29. The Bertz CT molecular complexity index is 268. The van der Waals surface area contributed by atoms with Crippen molar-refractivity contribution in [2.45, 2.75) is 38.5 Å². The molecule has 16 heavy (non-hydrogen) atoms. The number of rotatable bonds is 8. The summed E-state index contributed by atoms with van der Waals surface area (Å²) in [5, 5.41) is 8.44. The Morgan fingerprint density at radius 3 is 2.50 bits per heavy atom. The van der Waals surface area contributed by atoms with Gasteiger partial charge in [0.1, 0.15) is 0 Å². The van der Waals surface area contributed by atoms with Crippen LogP contribution in [0.15, 0.2) is 0 Å². The van der Waals surface area contributed by atoms with Crippen molar-refractivity contribution in [3.8, 4) is 12.3 Å². The van der Waals surface area contributed by atoms with Gasteiger partial charge in [0.2, 0.25) is 5.91 Å². The number of unbranched alkanes of at least 4 members (excludes halogenated alkanes) is 2. The van der Waals surface area contributed by atoms with E-state index in [-0.39, 0.29) is 12.3 Å². The molecule has 0 heterocycles. The lowest BCUT2D eigenvalue weighted by Gasteiger charge is -2.16. The Hall–Kier alpha value is -1.50. The summed E-state index contributed by atoms with van der Waals surface area (Å²) in [5.41, 5.74) is 0. The molecule has 0 spiro atoms. The maximum absolute atomic E-state index is 11.5. The largest absolute Gasteiger partial charge is 0.481 e. The predicted molar refractivity (Wildman–Crippen MR) is 61.8 cm³/mol. The maximum atomic E-state index is 11.5. The molecule has 90 valence electrons. The lowest BCUT2D eigenvalue weighted by molar-refractivity contribution is -0.138. The van der Waals surface area contributed by atoms with E-state index in [0.29, 0.717) is 25.8 Å². The summed E-state index contributed by atoms with van der Waals surface area (Å²) >= 11 is 0. The lowest BCUT2D eigenvalue weighted by atomic mass is 10.2. The number of nitrogens with zero attached hydrogens (tertiary/aromatic N) is 1. The van der Waals surface area contributed by atoms with E-state index in [1.54, 1.807) is 11.9 Å². The predicted octanol–water partition coefficient (Wildman–Crippen LogP) is 1.50. The maximum Gasteiger partial charge on any atom is 0.303 e. The van der Waals surface area contributed by atoms with Crippen LogP contribution in [0.4, 0.5) is 0 Å². The van der Waals surface area contributed by atoms with Gasteiger partial charge in [0, 0.05) is 32.9 Å². The summed E-state index contributed by atoms with van der Waals surface area (Å²) in [6.45, 7) is 0.500. The molecule has 1 amide bonds. The van der Waals surface area contributed by atoms with Crippen molar-refractivity contribution in [3.05, 3.63) is 0 Å². The number of hydrogen-bond acceptors (Lipinski definition) is 2. The molecule has 0 bridgehead atoms. The fourth-order valence-electron chi connectivity index (χ4n) is 1.29. The second-order valence-corrected chi connectivity index (χ2v) is 3.72. The number of aliphatic carboxylic acids is 1. The van der Waals surface area contributed by atoms with Crippen molar-refractivity contribution in [2.24, 2.45) is 0 Å². The summed E-state index contributed by atoms with van der Waals surface area (Å²) in [5.74, 6) is 1.76. The van der Waals surface area contributed by atoms with E-state index in [1.165, 1.54) is 0 Å². The molecule has 0 aliphatic rings. The molecular weight excluding hydrogens is 206 g/mol. The zero-order valence-corrected chi connectivity index (χ0v) is 9.74. The molecule has 0 unspecified atom stereocenters. The molecule has 0 saturated heterocycles. The highest BCUT2D eigenvalue weighted by atomic mass is 16.4. The average Bonchev–Trinajstić information content (AvgIpc) is 2.23. The lowest BCUT2D eigenvalue weighted by Crippen LogP contribution is -2.27. The van der Waals surface area contributed by atoms with Gasteiger partial charge in [-0.25, -0.2) is 0 Å². The van der Waals surface area contributed by atoms with Crippen LogP contribution >= 0.6 is 0 Å². The monoisotopic (exact) mass is 225 g/mol. The Kier molecular flexibility index (Phi) is 7.96. The molecule has 0 fully saturated rings. The minimum absolute atomic E-state index is 0.0578. The third-order valence-electron chi connectivity index (χ3n) is 2.27. The standard InChI is InChI=1S/C12H19NO3/c1-3-4-5-6-8-11(14)13(2)10-7-9-12(15)16/h1H,4-10H2,2H3,(H,15,16). The average molecular weight is 225 g/mol. The van der Waals surface area contributed by atoms with Crippen LogP contribution in [0.25, 0.3) is 0 Å². The van der Waals surface area contributed by atoms with Crippen LogP contribution in [-0.4, -0.2) is 35.5 Å². The first-order chi connectivity index (χ1) is 7.57. The fraction of sp³-hybridized carbons (Fsp3) is 0.667. The molecule has 0 aromatic heterocycles. The molecular formula is C12H19NO3. The van der Waals surface area contributed by atoms with Gasteiger partial charge in [-0.1, -0.05) is 0 Å². The molecule has 0 aliphatic heterocycles. The van der Waals surface area contributed by atoms with Gasteiger partial charge in [-0.15, -0.1) is 12.3 Å². The Balaban J connectivity index is 3.57. The summed E-state index contributed by atoms with van der Waals surface area (Å²) in [6, 6.07) is 0. The van der Waals surface area contributed by atoms with E-state index in [2.05, 4.69) is 5.92 Å². The number of carbonyl (C=O) groups is 2. The Morgan fingerprint density at radius 2 is 1.94 bits per heavy atom. The Morgan fingerprint density at radius 1 is 1.25 bits per heavy atom. The first-order valence-electron chi connectivity index (χ1n) is 5.47. The smallest absolute Gasteiger partial charge is 0.303 e. The number of carboxylic acids is 1. The van der Waals surface area contributed by atoms with Gasteiger partial charge in [0.15, 0.2) is 0 Å². The van der Waals surface area contributed by atoms with E-state index in [4.69, 9.17) is 11.5 Å². The van der Waals surface area contributed by atoms with Crippen LogP contribution in [0.3, 0.4) is 0 Å². The minimum atomic E-state index is -0.824. The van der Waals surface area contributed by atoms with Gasteiger partial charge >= 0.3 is 5.97 Å². The summed E-state index contributed by atoms with van der Waals surface area (Å²) in [7, 11) is 1.70. The first kappa shape index (κ1) is 14.5. The normalized spacial score (nSPS) is 9.50. The highest BCUT2D eigenvalue weighted by Gasteiger charge is 2.08. The van der Waals surface area contributed by atoms with E-state index in [9.17, 15) is 9.59 Å². The van der Waals surface area contributed by atoms with Crippen molar-refractivity contribution in [2.75, 3.05) is 13.6 Å². The van der Waals surface area contributed by atoms with Gasteiger partial charge in [-0.05, 0) is 19.3 Å². The summed E-state index contributed by atoms with van der Waals surface area (Å²) in [4.78, 5) is 23.4. The van der Waals surface area contributed by atoms with Crippen LogP contribution in [0, 0.1) is 12.3 Å². The molecule has 4 heteroatoms. The third kappa shape index (κ3) is 7.86. The third-order valence-corrected chi connectivity index (χ3v) is 2.27. The van der Waals surface area contributed by atoms with Crippen LogP contribution in [0.2, 0.25) is 0 Å². The van der Waals surface area contributed by atoms with Gasteiger partial charge in [0.05, 0.1) is 0 Å². The van der Waals surface area contributed by atoms with E-state index >= 15 is 0 Å². The topological polar surface area (TPSA) is 57.6 Å².